The van der Waals surface area contributed by atoms with Gasteiger partial charge in [0.05, 0.1) is 0 Å². The average molecular weight is 238 g/mol. The van der Waals surface area contributed by atoms with Gasteiger partial charge < -0.3 is 16.0 Å². The molecule has 2 aliphatic rings. The Hall–Kier alpha value is -1.26. The van der Waals surface area contributed by atoms with Crippen LogP contribution in [0.2, 0.25) is 0 Å². The lowest BCUT2D eigenvalue weighted by molar-refractivity contribution is -0.122. The third-order valence-electron chi connectivity index (χ3n) is 3.32. The first kappa shape index (κ1) is 12.2. The Balaban J connectivity index is 1.54. The number of nitrogens with one attached hydrogen (secondary N) is 3. The van der Waals surface area contributed by atoms with E-state index in [1.54, 1.807) is 7.05 Å². The molecule has 1 amide bonds. The number of nitrogens with zero attached hydrogens (tertiary/aromatic N) is 1. The van der Waals surface area contributed by atoms with Gasteiger partial charge in [0.2, 0.25) is 5.91 Å². The summed E-state index contributed by atoms with van der Waals surface area (Å²) in [6, 6.07) is 0.572. The molecule has 0 heterocycles. The minimum atomic E-state index is 0.200. The summed E-state index contributed by atoms with van der Waals surface area (Å²) in [5.41, 5.74) is 0. The van der Waals surface area contributed by atoms with Crippen LogP contribution in [0.5, 0.6) is 0 Å². The maximum absolute atomic E-state index is 11.4. The zero-order valence-corrected chi connectivity index (χ0v) is 10.6. The minimum absolute atomic E-state index is 0.200. The topological polar surface area (TPSA) is 65.5 Å². The highest BCUT2D eigenvalue weighted by atomic mass is 16.2. The number of rotatable bonds is 5. The molecule has 2 atom stereocenters. The van der Waals surface area contributed by atoms with Gasteiger partial charge in [0.1, 0.15) is 0 Å². The summed E-state index contributed by atoms with van der Waals surface area (Å²) in [5.74, 6) is 2.08. The van der Waals surface area contributed by atoms with E-state index in [1.165, 1.54) is 6.42 Å². The summed E-state index contributed by atoms with van der Waals surface area (Å²) in [6.45, 7) is 3.61. The normalized spacial score (nSPS) is 27.5. The lowest BCUT2D eigenvalue weighted by Crippen LogP contribution is -2.42. The molecule has 0 aliphatic heterocycles. The van der Waals surface area contributed by atoms with E-state index in [9.17, 15) is 4.79 Å². The van der Waals surface area contributed by atoms with Crippen molar-refractivity contribution >= 4 is 11.9 Å². The molecule has 0 aromatic rings. The Morgan fingerprint density at radius 2 is 1.94 bits per heavy atom. The van der Waals surface area contributed by atoms with Crippen LogP contribution >= 0.6 is 0 Å². The van der Waals surface area contributed by atoms with Gasteiger partial charge in [-0.2, -0.15) is 0 Å². The number of aliphatic imine (C=N–C) groups is 1. The van der Waals surface area contributed by atoms with Crippen molar-refractivity contribution < 1.29 is 4.79 Å². The van der Waals surface area contributed by atoms with Crippen molar-refractivity contribution in [2.45, 2.75) is 32.2 Å². The van der Waals surface area contributed by atoms with Crippen LogP contribution in [0, 0.1) is 11.8 Å². The SMILES string of the molecule is CN=C(NCCNC(=O)C1CC1)NC1CC1C. The van der Waals surface area contributed by atoms with Crippen LogP contribution < -0.4 is 16.0 Å². The van der Waals surface area contributed by atoms with E-state index in [4.69, 9.17) is 0 Å². The Morgan fingerprint density at radius 3 is 2.47 bits per heavy atom. The molecule has 0 aromatic heterocycles. The molecule has 0 saturated heterocycles. The van der Waals surface area contributed by atoms with Crippen molar-refractivity contribution in [3.63, 3.8) is 0 Å². The Labute approximate surface area is 102 Å². The number of hydrogen-bond acceptors (Lipinski definition) is 2. The van der Waals surface area contributed by atoms with Crippen LogP contribution in [0.4, 0.5) is 0 Å². The molecule has 2 saturated carbocycles. The fraction of sp³-hybridized carbons (Fsp3) is 0.833. The molecule has 0 radical (unpaired) electrons. The lowest BCUT2D eigenvalue weighted by atomic mass is 10.4. The molecular formula is C12H22N4O. The second kappa shape index (κ2) is 5.38. The fourth-order valence-corrected chi connectivity index (χ4v) is 1.75. The minimum Gasteiger partial charge on any atom is -0.355 e. The Bertz CT molecular complexity index is 312. The van der Waals surface area contributed by atoms with Crippen molar-refractivity contribution in [1.82, 2.24) is 16.0 Å². The molecule has 0 spiro atoms. The Kier molecular flexibility index (Phi) is 3.86. The van der Waals surface area contributed by atoms with Gasteiger partial charge in [-0.05, 0) is 25.2 Å². The van der Waals surface area contributed by atoms with E-state index < -0.39 is 0 Å². The predicted molar refractivity (Wildman–Crippen MR) is 67.8 cm³/mol. The third-order valence-corrected chi connectivity index (χ3v) is 3.32. The first-order chi connectivity index (χ1) is 8.20. The van der Waals surface area contributed by atoms with E-state index >= 15 is 0 Å². The average Bonchev–Trinajstić information content (AvgIpc) is 3.19. The number of guanidine groups is 1. The quantitative estimate of drug-likeness (QED) is 0.361. The molecule has 3 N–H and O–H groups in total. The molecule has 2 rings (SSSR count). The van der Waals surface area contributed by atoms with Gasteiger partial charge in [-0.1, -0.05) is 6.92 Å². The molecule has 0 aromatic carbocycles. The van der Waals surface area contributed by atoms with E-state index in [-0.39, 0.29) is 5.91 Å². The van der Waals surface area contributed by atoms with Crippen LogP contribution in [0.3, 0.4) is 0 Å². The smallest absolute Gasteiger partial charge is 0.223 e. The van der Waals surface area contributed by atoms with Gasteiger partial charge in [-0.3, -0.25) is 9.79 Å². The van der Waals surface area contributed by atoms with E-state index in [2.05, 4.69) is 27.9 Å². The van der Waals surface area contributed by atoms with E-state index in [0.29, 0.717) is 18.5 Å². The largest absolute Gasteiger partial charge is 0.355 e. The van der Waals surface area contributed by atoms with Crippen molar-refractivity contribution in [3.8, 4) is 0 Å². The van der Waals surface area contributed by atoms with Gasteiger partial charge in [-0.15, -0.1) is 0 Å². The highest BCUT2D eigenvalue weighted by molar-refractivity contribution is 5.81. The molecule has 5 heteroatoms. The van der Waals surface area contributed by atoms with Crippen LogP contribution in [-0.4, -0.2) is 38.0 Å². The summed E-state index contributed by atoms with van der Waals surface area (Å²) >= 11 is 0. The number of hydrogen-bond donors (Lipinski definition) is 3. The van der Waals surface area contributed by atoms with Crippen molar-refractivity contribution in [3.05, 3.63) is 0 Å². The monoisotopic (exact) mass is 238 g/mol. The van der Waals surface area contributed by atoms with E-state index in [0.717, 1.165) is 31.3 Å². The van der Waals surface area contributed by atoms with Crippen molar-refractivity contribution in [1.29, 1.82) is 0 Å². The second-order valence-corrected chi connectivity index (χ2v) is 5.03. The summed E-state index contributed by atoms with van der Waals surface area (Å²) < 4.78 is 0. The van der Waals surface area contributed by atoms with Crippen LogP contribution in [0.1, 0.15) is 26.2 Å². The molecule has 2 unspecified atom stereocenters. The Morgan fingerprint density at radius 1 is 1.29 bits per heavy atom. The van der Waals surface area contributed by atoms with Crippen molar-refractivity contribution in [2.75, 3.05) is 20.1 Å². The molecule has 5 nitrogen and oxygen atoms in total. The summed E-state index contributed by atoms with van der Waals surface area (Å²) in [4.78, 5) is 15.5. The highest BCUT2D eigenvalue weighted by Crippen LogP contribution is 2.29. The van der Waals surface area contributed by atoms with Gasteiger partial charge in [-0.25, -0.2) is 0 Å². The summed E-state index contributed by atoms with van der Waals surface area (Å²) in [6.07, 6.45) is 3.34. The summed E-state index contributed by atoms with van der Waals surface area (Å²) in [5, 5.41) is 9.46. The maximum atomic E-state index is 11.4. The van der Waals surface area contributed by atoms with Gasteiger partial charge in [0.15, 0.2) is 5.96 Å². The van der Waals surface area contributed by atoms with Crippen LogP contribution in [-0.2, 0) is 4.79 Å². The van der Waals surface area contributed by atoms with Gasteiger partial charge in [0, 0.05) is 32.1 Å². The first-order valence-electron chi connectivity index (χ1n) is 6.45. The van der Waals surface area contributed by atoms with Crippen molar-refractivity contribution in [2.24, 2.45) is 16.8 Å². The third kappa shape index (κ3) is 3.91. The molecule has 2 aliphatic carbocycles. The number of amides is 1. The van der Waals surface area contributed by atoms with Gasteiger partial charge >= 0.3 is 0 Å². The zero-order chi connectivity index (χ0) is 12.3. The predicted octanol–water partition coefficient (Wildman–Crippen LogP) is 0.0860. The number of carbonyl (C=O) groups is 1. The van der Waals surface area contributed by atoms with Gasteiger partial charge in [0.25, 0.3) is 0 Å². The zero-order valence-electron chi connectivity index (χ0n) is 10.6. The standard InChI is InChI=1S/C12H22N4O/c1-8-7-10(8)16-12(13-2)15-6-5-14-11(17)9-3-4-9/h8-10H,3-7H2,1-2H3,(H,14,17)(H2,13,15,16). The fourth-order valence-electron chi connectivity index (χ4n) is 1.75. The second-order valence-electron chi connectivity index (χ2n) is 5.03. The van der Waals surface area contributed by atoms with Crippen LogP contribution in [0.15, 0.2) is 4.99 Å². The summed E-state index contributed by atoms with van der Waals surface area (Å²) in [7, 11) is 1.77. The molecular weight excluding hydrogens is 216 g/mol. The molecule has 2 fully saturated rings. The highest BCUT2D eigenvalue weighted by Gasteiger charge is 2.33. The lowest BCUT2D eigenvalue weighted by Gasteiger charge is -2.11. The molecule has 0 bridgehead atoms. The number of carbonyl (C=O) groups excluding carboxylic acids is 1. The first-order valence-corrected chi connectivity index (χ1v) is 6.45. The molecule has 96 valence electrons. The molecule has 17 heavy (non-hydrogen) atoms. The van der Waals surface area contributed by atoms with Crippen LogP contribution in [0.25, 0.3) is 0 Å². The maximum Gasteiger partial charge on any atom is 0.223 e. The van der Waals surface area contributed by atoms with E-state index in [1.807, 2.05) is 0 Å².